The molecule has 1 aliphatic carbocycles. The molecule has 0 saturated heterocycles. The number of nitrogens with zero attached hydrogens (tertiary/aromatic N) is 1. The monoisotopic (exact) mass is 242 g/mol. The van der Waals surface area contributed by atoms with Gasteiger partial charge in [-0.2, -0.15) is 0 Å². The highest BCUT2D eigenvalue weighted by molar-refractivity contribution is 4.96. The molecule has 17 heavy (non-hydrogen) atoms. The second-order valence-electron chi connectivity index (χ2n) is 6.01. The quantitative estimate of drug-likeness (QED) is 0.748. The number of likely N-dealkylation sites (N-methyl/N-ethyl adjacent to an activating group) is 2. The molecule has 0 aromatic heterocycles. The van der Waals surface area contributed by atoms with Gasteiger partial charge in [0.1, 0.15) is 0 Å². The SMILES string of the molecule is CCC(C)(C(C)NC)N(C)CC1(O)CCCC1. The second kappa shape index (κ2) is 5.68. The second-order valence-corrected chi connectivity index (χ2v) is 6.01. The van der Waals surface area contributed by atoms with E-state index in [1.54, 1.807) is 0 Å². The van der Waals surface area contributed by atoms with E-state index in [9.17, 15) is 5.11 Å². The fourth-order valence-electron chi connectivity index (χ4n) is 3.03. The minimum absolute atomic E-state index is 0.104. The number of β-amino-alcohol motifs (C(OH)–C–C–N with tert-alkyl or cyclic N) is 1. The molecule has 0 spiro atoms. The number of hydrogen-bond donors (Lipinski definition) is 2. The zero-order chi connectivity index (χ0) is 13.1. The topological polar surface area (TPSA) is 35.5 Å². The third-order valence-electron chi connectivity index (χ3n) is 5.02. The van der Waals surface area contributed by atoms with Gasteiger partial charge in [0.25, 0.3) is 0 Å². The third-order valence-corrected chi connectivity index (χ3v) is 5.02. The first-order valence-electron chi connectivity index (χ1n) is 6.99. The van der Waals surface area contributed by atoms with Crippen molar-refractivity contribution in [2.24, 2.45) is 0 Å². The molecule has 0 aliphatic heterocycles. The van der Waals surface area contributed by atoms with Gasteiger partial charge in [-0.1, -0.05) is 19.8 Å². The standard InChI is InChI=1S/C14H30N2O/c1-6-13(3,12(2)15-4)16(5)11-14(17)9-7-8-10-14/h12,15,17H,6-11H2,1-5H3. The lowest BCUT2D eigenvalue weighted by molar-refractivity contribution is -0.0234. The molecule has 0 bridgehead atoms. The summed E-state index contributed by atoms with van der Waals surface area (Å²) in [7, 11) is 4.16. The molecule has 2 unspecified atom stereocenters. The van der Waals surface area contributed by atoms with Gasteiger partial charge >= 0.3 is 0 Å². The van der Waals surface area contributed by atoms with Crippen molar-refractivity contribution < 1.29 is 5.11 Å². The van der Waals surface area contributed by atoms with Gasteiger partial charge in [-0.05, 0) is 47.2 Å². The van der Waals surface area contributed by atoms with Crippen molar-refractivity contribution in [1.82, 2.24) is 10.2 Å². The fraction of sp³-hybridized carbons (Fsp3) is 1.00. The van der Waals surface area contributed by atoms with Crippen LogP contribution in [0.4, 0.5) is 0 Å². The summed E-state index contributed by atoms with van der Waals surface area (Å²) in [6, 6.07) is 0.419. The Bertz CT molecular complexity index is 238. The maximum absolute atomic E-state index is 10.5. The van der Waals surface area contributed by atoms with Gasteiger partial charge in [0.2, 0.25) is 0 Å². The Labute approximate surface area is 107 Å². The van der Waals surface area contributed by atoms with E-state index in [4.69, 9.17) is 0 Å². The molecule has 0 amide bonds. The molecule has 0 aromatic carbocycles. The summed E-state index contributed by atoms with van der Waals surface area (Å²) in [5.74, 6) is 0. The Morgan fingerprint density at radius 3 is 2.35 bits per heavy atom. The molecular formula is C14H30N2O. The third kappa shape index (κ3) is 3.21. The highest BCUT2D eigenvalue weighted by Crippen LogP contribution is 2.33. The van der Waals surface area contributed by atoms with Gasteiger partial charge in [-0.25, -0.2) is 0 Å². The predicted molar refractivity (Wildman–Crippen MR) is 73.3 cm³/mol. The molecule has 2 N–H and O–H groups in total. The lowest BCUT2D eigenvalue weighted by atomic mass is 9.87. The Hall–Kier alpha value is -0.120. The summed E-state index contributed by atoms with van der Waals surface area (Å²) in [4.78, 5) is 2.35. The van der Waals surface area contributed by atoms with Crippen molar-refractivity contribution in [3.05, 3.63) is 0 Å². The van der Waals surface area contributed by atoms with Gasteiger partial charge in [0.05, 0.1) is 5.60 Å². The number of hydrogen-bond acceptors (Lipinski definition) is 3. The molecule has 0 radical (unpaired) electrons. The lowest BCUT2D eigenvalue weighted by Gasteiger charge is -2.45. The Morgan fingerprint density at radius 2 is 1.94 bits per heavy atom. The van der Waals surface area contributed by atoms with E-state index in [1.807, 2.05) is 7.05 Å². The Kier molecular flexibility index (Phi) is 4.99. The van der Waals surface area contributed by atoms with E-state index in [2.05, 4.69) is 38.0 Å². The zero-order valence-corrected chi connectivity index (χ0v) is 12.2. The van der Waals surface area contributed by atoms with Gasteiger partial charge in [0.15, 0.2) is 0 Å². The van der Waals surface area contributed by atoms with Crippen LogP contribution in [0.5, 0.6) is 0 Å². The van der Waals surface area contributed by atoms with Crippen LogP contribution < -0.4 is 5.32 Å². The van der Waals surface area contributed by atoms with Crippen molar-refractivity contribution in [3.8, 4) is 0 Å². The molecule has 2 atom stereocenters. The minimum atomic E-state index is -0.446. The summed E-state index contributed by atoms with van der Waals surface area (Å²) < 4.78 is 0. The Morgan fingerprint density at radius 1 is 1.41 bits per heavy atom. The number of rotatable bonds is 6. The molecule has 102 valence electrons. The lowest BCUT2D eigenvalue weighted by Crippen LogP contribution is -2.59. The summed E-state index contributed by atoms with van der Waals surface area (Å²) in [5.41, 5.74) is -0.342. The summed E-state index contributed by atoms with van der Waals surface area (Å²) >= 11 is 0. The van der Waals surface area contributed by atoms with Crippen molar-refractivity contribution in [2.45, 2.75) is 70.1 Å². The van der Waals surface area contributed by atoms with E-state index in [1.165, 1.54) is 12.8 Å². The normalized spacial score (nSPS) is 24.9. The molecule has 1 fully saturated rings. The molecule has 3 heteroatoms. The maximum atomic E-state index is 10.5. The van der Waals surface area contributed by atoms with Crippen molar-refractivity contribution in [3.63, 3.8) is 0 Å². The van der Waals surface area contributed by atoms with Crippen LogP contribution in [0.1, 0.15) is 52.9 Å². The van der Waals surface area contributed by atoms with E-state index in [0.717, 1.165) is 25.8 Å². The van der Waals surface area contributed by atoms with Crippen LogP contribution in [-0.4, -0.2) is 47.8 Å². The predicted octanol–water partition coefficient (Wildman–Crippen LogP) is 2.00. The van der Waals surface area contributed by atoms with E-state index < -0.39 is 5.60 Å². The van der Waals surface area contributed by atoms with Crippen LogP contribution in [0, 0.1) is 0 Å². The summed E-state index contributed by atoms with van der Waals surface area (Å²) in [5, 5.41) is 13.9. The average Bonchev–Trinajstić information content (AvgIpc) is 2.73. The van der Waals surface area contributed by atoms with Crippen LogP contribution in [0.15, 0.2) is 0 Å². The molecule has 1 rings (SSSR count). The smallest absolute Gasteiger partial charge is 0.0774 e. The van der Waals surface area contributed by atoms with E-state index in [-0.39, 0.29) is 5.54 Å². The van der Waals surface area contributed by atoms with Crippen LogP contribution in [0.2, 0.25) is 0 Å². The molecular weight excluding hydrogens is 212 g/mol. The molecule has 0 aromatic rings. The Balaban J connectivity index is 2.69. The van der Waals surface area contributed by atoms with Crippen molar-refractivity contribution >= 4 is 0 Å². The van der Waals surface area contributed by atoms with Crippen LogP contribution in [0.25, 0.3) is 0 Å². The molecule has 1 saturated carbocycles. The van der Waals surface area contributed by atoms with E-state index in [0.29, 0.717) is 6.04 Å². The highest BCUT2D eigenvalue weighted by atomic mass is 16.3. The summed E-state index contributed by atoms with van der Waals surface area (Å²) in [6.45, 7) is 7.53. The fourth-order valence-corrected chi connectivity index (χ4v) is 3.03. The zero-order valence-electron chi connectivity index (χ0n) is 12.2. The first-order valence-corrected chi connectivity index (χ1v) is 6.99. The van der Waals surface area contributed by atoms with Crippen molar-refractivity contribution in [1.29, 1.82) is 0 Å². The average molecular weight is 242 g/mol. The first-order chi connectivity index (χ1) is 7.88. The summed E-state index contributed by atoms with van der Waals surface area (Å²) in [6.07, 6.45) is 5.36. The van der Waals surface area contributed by atoms with Gasteiger partial charge in [-0.3, -0.25) is 4.90 Å². The first kappa shape index (κ1) is 14.9. The van der Waals surface area contributed by atoms with Crippen LogP contribution >= 0.6 is 0 Å². The molecule has 0 heterocycles. The largest absolute Gasteiger partial charge is 0.389 e. The van der Waals surface area contributed by atoms with Crippen LogP contribution in [-0.2, 0) is 0 Å². The maximum Gasteiger partial charge on any atom is 0.0774 e. The minimum Gasteiger partial charge on any atom is -0.389 e. The van der Waals surface area contributed by atoms with Gasteiger partial charge < -0.3 is 10.4 Å². The number of nitrogens with one attached hydrogen (secondary N) is 1. The molecule has 3 nitrogen and oxygen atoms in total. The van der Waals surface area contributed by atoms with Crippen LogP contribution in [0.3, 0.4) is 0 Å². The van der Waals surface area contributed by atoms with E-state index >= 15 is 0 Å². The number of aliphatic hydroxyl groups is 1. The molecule has 1 aliphatic rings. The van der Waals surface area contributed by atoms with Gasteiger partial charge in [-0.15, -0.1) is 0 Å². The highest BCUT2D eigenvalue weighted by Gasteiger charge is 2.39. The van der Waals surface area contributed by atoms with Gasteiger partial charge in [0, 0.05) is 18.1 Å². The van der Waals surface area contributed by atoms with Crippen molar-refractivity contribution in [2.75, 3.05) is 20.6 Å².